The van der Waals surface area contributed by atoms with E-state index >= 15 is 0 Å². The van der Waals surface area contributed by atoms with Gasteiger partial charge in [0.1, 0.15) is 12.4 Å². The van der Waals surface area contributed by atoms with Gasteiger partial charge < -0.3 is 9.84 Å². The Hall–Kier alpha value is -1.91. The molecule has 4 nitrogen and oxygen atoms in total. The molecule has 4 heteroatoms. The molecule has 0 amide bonds. The maximum Gasteiger partial charge on any atom is 0.130 e. The summed E-state index contributed by atoms with van der Waals surface area (Å²) >= 11 is 0. The highest BCUT2D eigenvalue weighted by molar-refractivity contribution is 5.33. The summed E-state index contributed by atoms with van der Waals surface area (Å²) in [5, 5.41) is 9.87. The van der Waals surface area contributed by atoms with Crippen molar-refractivity contribution in [3.63, 3.8) is 0 Å². The van der Waals surface area contributed by atoms with Gasteiger partial charge in [0.25, 0.3) is 0 Å². The molecule has 1 aromatic heterocycles. The van der Waals surface area contributed by atoms with Crippen LogP contribution in [0.3, 0.4) is 0 Å². The number of hydrogen-bond donors (Lipinski definition) is 1. The molecule has 0 aliphatic carbocycles. The van der Waals surface area contributed by atoms with E-state index in [0.717, 1.165) is 37.5 Å². The number of piperidine rings is 1. The Labute approximate surface area is 137 Å². The Morgan fingerprint density at radius 1 is 1.22 bits per heavy atom. The predicted octanol–water partition coefficient (Wildman–Crippen LogP) is 2.86. The summed E-state index contributed by atoms with van der Waals surface area (Å²) in [6, 6.07) is 14.0. The van der Waals surface area contributed by atoms with E-state index in [2.05, 4.69) is 22.9 Å². The second-order valence-corrected chi connectivity index (χ2v) is 6.29. The van der Waals surface area contributed by atoms with Gasteiger partial charge in [-0.2, -0.15) is 0 Å². The van der Waals surface area contributed by atoms with Crippen LogP contribution in [0, 0.1) is 5.92 Å². The van der Waals surface area contributed by atoms with E-state index in [1.807, 2.05) is 36.4 Å². The highest BCUT2D eigenvalue weighted by atomic mass is 16.5. The minimum atomic E-state index is -0.165. The van der Waals surface area contributed by atoms with Gasteiger partial charge in [-0.25, -0.2) is 0 Å². The SMILES string of the molecule is C[C@H]1CN(Cc2ccccc2OCc2ccccn2)CC[C@H]1O. The standard InChI is InChI=1S/C19H24N2O2/c1-15-12-21(11-9-18(15)22)13-16-6-2-3-8-19(16)23-14-17-7-4-5-10-20-17/h2-8,10,15,18,22H,9,11-14H2,1H3/t15-,18+/m0/s1. The van der Waals surface area contributed by atoms with Crippen molar-refractivity contribution in [2.75, 3.05) is 13.1 Å². The Kier molecular flexibility index (Phi) is 5.26. The maximum absolute atomic E-state index is 9.87. The second kappa shape index (κ2) is 7.57. The van der Waals surface area contributed by atoms with Crippen LogP contribution in [-0.4, -0.2) is 34.2 Å². The van der Waals surface area contributed by atoms with Crippen molar-refractivity contribution in [1.29, 1.82) is 0 Å². The molecule has 2 heterocycles. The Morgan fingerprint density at radius 2 is 2.04 bits per heavy atom. The molecule has 0 unspecified atom stereocenters. The zero-order chi connectivity index (χ0) is 16.1. The van der Waals surface area contributed by atoms with Crippen LogP contribution >= 0.6 is 0 Å². The minimum absolute atomic E-state index is 0.165. The van der Waals surface area contributed by atoms with Gasteiger partial charge in [0.15, 0.2) is 0 Å². The number of hydrogen-bond acceptors (Lipinski definition) is 4. The summed E-state index contributed by atoms with van der Waals surface area (Å²) in [7, 11) is 0. The van der Waals surface area contributed by atoms with E-state index in [9.17, 15) is 5.11 Å². The molecule has 0 saturated carbocycles. The second-order valence-electron chi connectivity index (χ2n) is 6.29. The predicted molar refractivity (Wildman–Crippen MR) is 90.1 cm³/mol. The maximum atomic E-state index is 9.87. The van der Waals surface area contributed by atoms with E-state index in [1.54, 1.807) is 6.20 Å². The fourth-order valence-electron chi connectivity index (χ4n) is 3.01. The molecule has 1 saturated heterocycles. The fourth-order valence-corrected chi connectivity index (χ4v) is 3.01. The molecule has 1 N–H and O–H groups in total. The van der Waals surface area contributed by atoms with Gasteiger partial charge >= 0.3 is 0 Å². The first-order valence-electron chi connectivity index (χ1n) is 8.23. The van der Waals surface area contributed by atoms with Crippen LogP contribution in [0.4, 0.5) is 0 Å². The van der Waals surface area contributed by atoms with E-state index in [4.69, 9.17) is 4.74 Å². The summed E-state index contributed by atoms with van der Waals surface area (Å²) in [4.78, 5) is 6.68. The molecule has 23 heavy (non-hydrogen) atoms. The van der Waals surface area contributed by atoms with Crippen LogP contribution in [0.25, 0.3) is 0 Å². The van der Waals surface area contributed by atoms with E-state index < -0.39 is 0 Å². The Morgan fingerprint density at radius 3 is 2.83 bits per heavy atom. The molecular weight excluding hydrogens is 288 g/mol. The van der Waals surface area contributed by atoms with Crippen molar-refractivity contribution in [2.45, 2.75) is 32.6 Å². The number of para-hydroxylation sites is 1. The monoisotopic (exact) mass is 312 g/mol. The van der Waals surface area contributed by atoms with E-state index in [1.165, 1.54) is 5.56 Å². The van der Waals surface area contributed by atoms with Gasteiger partial charge in [0, 0.05) is 31.4 Å². The van der Waals surface area contributed by atoms with Crippen LogP contribution in [0.2, 0.25) is 0 Å². The van der Waals surface area contributed by atoms with Gasteiger partial charge in [-0.1, -0.05) is 31.2 Å². The van der Waals surface area contributed by atoms with Gasteiger partial charge in [0.2, 0.25) is 0 Å². The summed E-state index contributed by atoms with van der Waals surface area (Å²) in [6.07, 6.45) is 2.46. The number of rotatable bonds is 5. The normalized spacial score (nSPS) is 22.0. The third-order valence-corrected chi connectivity index (χ3v) is 4.41. The first-order chi connectivity index (χ1) is 11.2. The van der Waals surface area contributed by atoms with Crippen LogP contribution < -0.4 is 4.74 Å². The van der Waals surface area contributed by atoms with Gasteiger partial charge in [0.05, 0.1) is 11.8 Å². The highest BCUT2D eigenvalue weighted by Crippen LogP contribution is 2.24. The number of likely N-dealkylation sites (tertiary alicyclic amines) is 1. The lowest BCUT2D eigenvalue weighted by Gasteiger charge is -2.34. The third-order valence-electron chi connectivity index (χ3n) is 4.41. The van der Waals surface area contributed by atoms with Crippen molar-refractivity contribution in [1.82, 2.24) is 9.88 Å². The molecule has 1 aromatic carbocycles. The Bertz CT molecular complexity index is 618. The zero-order valence-electron chi connectivity index (χ0n) is 13.6. The molecule has 2 atom stereocenters. The number of ether oxygens (including phenoxy) is 1. The average Bonchev–Trinajstić information content (AvgIpc) is 2.58. The van der Waals surface area contributed by atoms with Crippen molar-refractivity contribution in [3.8, 4) is 5.75 Å². The molecule has 3 rings (SSSR count). The highest BCUT2D eigenvalue weighted by Gasteiger charge is 2.24. The fraction of sp³-hybridized carbons (Fsp3) is 0.421. The van der Waals surface area contributed by atoms with E-state index in [0.29, 0.717) is 12.5 Å². The Balaban J connectivity index is 1.64. The molecule has 0 spiro atoms. The minimum Gasteiger partial charge on any atom is -0.487 e. The average molecular weight is 312 g/mol. The summed E-state index contributed by atoms with van der Waals surface area (Å²) < 4.78 is 5.97. The number of aliphatic hydroxyl groups is 1. The van der Waals surface area contributed by atoms with Crippen LogP contribution in [0.1, 0.15) is 24.6 Å². The first-order valence-corrected chi connectivity index (χ1v) is 8.23. The molecule has 0 radical (unpaired) electrons. The molecule has 0 bridgehead atoms. The van der Waals surface area contributed by atoms with Crippen LogP contribution in [0.5, 0.6) is 5.75 Å². The number of aromatic nitrogens is 1. The summed E-state index contributed by atoms with van der Waals surface area (Å²) in [6.45, 7) is 5.30. The number of benzene rings is 1. The lowest BCUT2D eigenvalue weighted by molar-refractivity contribution is 0.0317. The van der Waals surface area contributed by atoms with Gasteiger partial charge in [-0.15, -0.1) is 0 Å². The summed E-state index contributed by atoms with van der Waals surface area (Å²) in [5.74, 6) is 1.24. The van der Waals surface area contributed by atoms with Crippen LogP contribution in [0.15, 0.2) is 48.7 Å². The smallest absolute Gasteiger partial charge is 0.130 e. The first kappa shape index (κ1) is 16.0. The third kappa shape index (κ3) is 4.30. The number of aliphatic hydroxyl groups excluding tert-OH is 1. The molecular formula is C19H24N2O2. The van der Waals surface area contributed by atoms with Crippen molar-refractivity contribution >= 4 is 0 Å². The lowest BCUT2D eigenvalue weighted by Crippen LogP contribution is -2.41. The molecule has 1 fully saturated rings. The van der Waals surface area contributed by atoms with E-state index in [-0.39, 0.29) is 6.10 Å². The van der Waals surface area contributed by atoms with Crippen molar-refractivity contribution in [3.05, 3.63) is 59.9 Å². The lowest BCUT2D eigenvalue weighted by atomic mass is 9.96. The molecule has 122 valence electrons. The quantitative estimate of drug-likeness (QED) is 0.922. The summed E-state index contributed by atoms with van der Waals surface area (Å²) in [5.41, 5.74) is 2.11. The number of nitrogens with zero attached hydrogens (tertiary/aromatic N) is 2. The number of pyridine rings is 1. The molecule has 2 aromatic rings. The largest absolute Gasteiger partial charge is 0.487 e. The van der Waals surface area contributed by atoms with Crippen LogP contribution in [-0.2, 0) is 13.2 Å². The topological polar surface area (TPSA) is 45.6 Å². The van der Waals surface area contributed by atoms with Crippen molar-refractivity contribution < 1.29 is 9.84 Å². The molecule has 1 aliphatic rings. The van der Waals surface area contributed by atoms with Gasteiger partial charge in [-0.3, -0.25) is 9.88 Å². The van der Waals surface area contributed by atoms with Gasteiger partial charge in [-0.05, 0) is 30.5 Å². The molecule has 1 aliphatic heterocycles. The zero-order valence-corrected chi connectivity index (χ0v) is 13.6. The van der Waals surface area contributed by atoms with Crippen molar-refractivity contribution in [2.24, 2.45) is 5.92 Å².